The number of aromatic nitrogens is 1. The van der Waals surface area contributed by atoms with Gasteiger partial charge in [0.2, 0.25) is 5.91 Å². The van der Waals surface area contributed by atoms with Crippen molar-refractivity contribution in [3.05, 3.63) is 70.1 Å². The van der Waals surface area contributed by atoms with Crippen molar-refractivity contribution in [2.45, 2.75) is 25.9 Å². The van der Waals surface area contributed by atoms with E-state index in [0.29, 0.717) is 13.1 Å². The summed E-state index contributed by atoms with van der Waals surface area (Å²) in [7, 11) is 0. The van der Waals surface area contributed by atoms with Crippen molar-refractivity contribution < 1.29 is 4.79 Å². The second-order valence-corrected chi connectivity index (χ2v) is 6.24. The van der Waals surface area contributed by atoms with Crippen LogP contribution in [-0.2, 0) is 17.9 Å². The third kappa shape index (κ3) is 4.32. The molecule has 1 amide bonds. The first-order valence-electron chi connectivity index (χ1n) is 8.44. The molecule has 0 spiro atoms. The van der Waals surface area contributed by atoms with Gasteiger partial charge in [-0.05, 0) is 36.6 Å². The second-order valence-electron chi connectivity index (χ2n) is 6.24. The van der Waals surface area contributed by atoms with Crippen molar-refractivity contribution in [2.24, 2.45) is 5.92 Å². The Kier molecular flexibility index (Phi) is 5.43. The number of pyridine rings is 1. The molecule has 1 aliphatic rings. The van der Waals surface area contributed by atoms with Crippen molar-refractivity contribution in [2.75, 3.05) is 13.1 Å². The maximum atomic E-state index is 12.1. The Labute approximate surface area is 141 Å². The highest BCUT2D eigenvalue weighted by Gasteiger charge is 2.20. The third-order valence-electron chi connectivity index (χ3n) is 4.41. The van der Waals surface area contributed by atoms with Gasteiger partial charge >= 0.3 is 0 Å². The van der Waals surface area contributed by atoms with Crippen LogP contribution in [0.4, 0.5) is 0 Å². The molecule has 1 atom stereocenters. The van der Waals surface area contributed by atoms with Crippen LogP contribution in [0.25, 0.3) is 0 Å². The zero-order chi connectivity index (χ0) is 16.8. The van der Waals surface area contributed by atoms with E-state index in [1.165, 1.54) is 0 Å². The lowest BCUT2D eigenvalue weighted by Crippen LogP contribution is -2.40. The number of benzene rings is 1. The van der Waals surface area contributed by atoms with Gasteiger partial charge in [0.25, 0.3) is 5.56 Å². The number of nitrogens with one attached hydrogen (secondary N) is 2. The fourth-order valence-electron chi connectivity index (χ4n) is 2.96. The summed E-state index contributed by atoms with van der Waals surface area (Å²) in [6, 6.07) is 13.2. The lowest BCUT2D eigenvalue weighted by molar-refractivity contribution is -0.125. The zero-order valence-corrected chi connectivity index (χ0v) is 13.7. The maximum absolute atomic E-state index is 12.1. The van der Waals surface area contributed by atoms with Crippen molar-refractivity contribution in [3.63, 3.8) is 0 Å². The molecular weight excluding hydrogens is 302 g/mol. The van der Waals surface area contributed by atoms with Gasteiger partial charge in [0.1, 0.15) is 0 Å². The van der Waals surface area contributed by atoms with Gasteiger partial charge in [-0.3, -0.25) is 9.59 Å². The van der Waals surface area contributed by atoms with Crippen molar-refractivity contribution in [1.82, 2.24) is 15.2 Å². The molecule has 2 heterocycles. The van der Waals surface area contributed by atoms with Crippen LogP contribution in [0, 0.1) is 5.92 Å². The lowest BCUT2D eigenvalue weighted by Gasteiger charge is -2.21. The summed E-state index contributed by atoms with van der Waals surface area (Å²) in [5, 5.41) is 6.27. The van der Waals surface area contributed by atoms with Crippen molar-refractivity contribution >= 4 is 5.91 Å². The second kappa shape index (κ2) is 7.93. The van der Waals surface area contributed by atoms with Crippen LogP contribution in [0.3, 0.4) is 0 Å². The number of hydrogen-bond acceptors (Lipinski definition) is 3. The summed E-state index contributed by atoms with van der Waals surface area (Å²) >= 11 is 0. The number of rotatable bonds is 5. The van der Waals surface area contributed by atoms with E-state index in [1.807, 2.05) is 30.3 Å². The zero-order valence-electron chi connectivity index (χ0n) is 13.7. The van der Waals surface area contributed by atoms with Gasteiger partial charge in [-0.1, -0.05) is 30.3 Å². The van der Waals surface area contributed by atoms with Crippen LogP contribution in [0.5, 0.6) is 0 Å². The first-order chi connectivity index (χ1) is 11.7. The molecule has 1 fully saturated rings. The molecule has 1 aromatic carbocycles. The number of carbonyl (C=O) groups is 1. The summed E-state index contributed by atoms with van der Waals surface area (Å²) < 4.78 is 1.67. The Hall–Kier alpha value is -2.40. The van der Waals surface area contributed by atoms with Crippen LogP contribution >= 0.6 is 0 Å². The van der Waals surface area contributed by atoms with E-state index >= 15 is 0 Å². The van der Waals surface area contributed by atoms with Gasteiger partial charge in [-0.15, -0.1) is 0 Å². The molecule has 0 bridgehead atoms. The predicted octanol–water partition coefficient (Wildman–Crippen LogP) is 1.51. The van der Waals surface area contributed by atoms with E-state index in [0.717, 1.165) is 37.1 Å². The van der Waals surface area contributed by atoms with Crippen LogP contribution < -0.4 is 16.2 Å². The molecule has 1 aromatic heterocycles. The fourth-order valence-corrected chi connectivity index (χ4v) is 2.96. The SMILES string of the molecule is O=C(NCc1ccc(Cn2ccccc2=O)cc1)C1CCCNC1. The molecule has 3 rings (SSSR count). The van der Waals surface area contributed by atoms with Crippen molar-refractivity contribution in [1.29, 1.82) is 0 Å². The average Bonchev–Trinajstić information content (AvgIpc) is 2.63. The molecule has 1 saturated heterocycles. The normalized spacial score (nSPS) is 17.4. The quantitative estimate of drug-likeness (QED) is 0.876. The topological polar surface area (TPSA) is 63.1 Å². The van der Waals surface area contributed by atoms with Gasteiger partial charge in [0.15, 0.2) is 0 Å². The van der Waals surface area contributed by atoms with Gasteiger partial charge in [0, 0.05) is 25.4 Å². The number of carbonyl (C=O) groups excluding carboxylic acids is 1. The van der Waals surface area contributed by atoms with E-state index < -0.39 is 0 Å². The van der Waals surface area contributed by atoms with Crippen LogP contribution in [0.1, 0.15) is 24.0 Å². The minimum Gasteiger partial charge on any atom is -0.352 e. The standard InChI is InChI=1S/C19H23N3O2/c23-18-5-1-2-11-22(18)14-16-8-6-15(7-9-16)12-21-19(24)17-4-3-10-20-13-17/h1-2,5-9,11,17,20H,3-4,10,12-14H2,(H,21,24). The number of piperidine rings is 1. The summed E-state index contributed by atoms with van der Waals surface area (Å²) in [5.41, 5.74) is 2.13. The maximum Gasteiger partial charge on any atom is 0.250 e. The van der Waals surface area contributed by atoms with Crippen molar-refractivity contribution in [3.8, 4) is 0 Å². The monoisotopic (exact) mass is 325 g/mol. The molecule has 2 aromatic rings. The Balaban J connectivity index is 1.54. The molecule has 0 radical (unpaired) electrons. The average molecular weight is 325 g/mol. The summed E-state index contributed by atoms with van der Waals surface area (Å²) in [5.74, 6) is 0.213. The highest BCUT2D eigenvalue weighted by molar-refractivity contribution is 5.78. The molecule has 5 nitrogen and oxygen atoms in total. The van der Waals surface area contributed by atoms with E-state index in [4.69, 9.17) is 0 Å². The number of nitrogens with zero attached hydrogens (tertiary/aromatic N) is 1. The Morgan fingerprint density at radius 3 is 2.67 bits per heavy atom. The van der Waals surface area contributed by atoms with Gasteiger partial charge < -0.3 is 15.2 Å². The molecule has 0 aliphatic carbocycles. The van der Waals surface area contributed by atoms with Gasteiger partial charge in [-0.25, -0.2) is 0 Å². The summed E-state index contributed by atoms with van der Waals surface area (Å²) in [4.78, 5) is 23.9. The molecule has 24 heavy (non-hydrogen) atoms. The molecule has 5 heteroatoms. The molecule has 1 unspecified atom stereocenters. The molecule has 2 N–H and O–H groups in total. The van der Waals surface area contributed by atoms with E-state index in [-0.39, 0.29) is 17.4 Å². The van der Waals surface area contributed by atoms with Crippen LogP contribution in [0.2, 0.25) is 0 Å². The smallest absolute Gasteiger partial charge is 0.250 e. The van der Waals surface area contributed by atoms with E-state index in [1.54, 1.807) is 22.9 Å². The summed E-state index contributed by atoms with van der Waals surface area (Å²) in [6.07, 6.45) is 3.81. The first kappa shape index (κ1) is 16.5. The molecule has 0 saturated carbocycles. The number of amides is 1. The van der Waals surface area contributed by atoms with Crippen LogP contribution in [-0.4, -0.2) is 23.6 Å². The van der Waals surface area contributed by atoms with E-state index in [9.17, 15) is 9.59 Å². The Morgan fingerprint density at radius 1 is 1.17 bits per heavy atom. The Morgan fingerprint density at radius 2 is 1.96 bits per heavy atom. The molecule has 126 valence electrons. The van der Waals surface area contributed by atoms with E-state index in [2.05, 4.69) is 10.6 Å². The molecular formula is C19H23N3O2. The lowest BCUT2D eigenvalue weighted by atomic mass is 9.99. The highest BCUT2D eigenvalue weighted by atomic mass is 16.2. The molecule has 1 aliphatic heterocycles. The fraction of sp³-hybridized carbons (Fsp3) is 0.368. The highest BCUT2D eigenvalue weighted by Crippen LogP contribution is 2.11. The van der Waals surface area contributed by atoms with Gasteiger partial charge in [-0.2, -0.15) is 0 Å². The number of hydrogen-bond donors (Lipinski definition) is 2. The predicted molar refractivity (Wildman–Crippen MR) is 93.7 cm³/mol. The largest absolute Gasteiger partial charge is 0.352 e. The third-order valence-corrected chi connectivity index (χ3v) is 4.41. The minimum absolute atomic E-state index is 0.00469. The Bertz CT molecular complexity index is 731. The van der Waals surface area contributed by atoms with Crippen LogP contribution in [0.15, 0.2) is 53.5 Å². The van der Waals surface area contributed by atoms with Gasteiger partial charge in [0.05, 0.1) is 12.5 Å². The minimum atomic E-state index is -0.00469. The first-order valence-corrected chi connectivity index (χ1v) is 8.44. The summed E-state index contributed by atoms with van der Waals surface area (Å²) in [6.45, 7) is 2.88.